The number of aromatic hydroxyl groups is 1. The molecule has 1 N–H and O–H groups in total. The number of benzene rings is 3. The SMILES string of the molecule is COc1nc(C)cnc1-c1[c-]cc2c(c1)C(C)(C)c1ccccc1-2.O=Cc1ccccc1O.[Ir]. The second-order valence-corrected chi connectivity index (χ2v) is 8.39. The van der Waals surface area contributed by atoms with Crippen molar-refractivity contribution >= 4 is 6.29 Å². The van der Waals surface area contributed by atoms with Crippen molar-refractivity contribution in [3.8, 4) is 34.0 Å². The molecule has 0 atom stereocenters. The van der Waals surface area contributed by atoms with E-state index in [-0.39, 0.29) is 31.3 Å². The molecule has 1 radical (unpaired) electrons. The molecule has 3 aromatic carbocycles. The Labute approximate surface area is 213 Å². The third-order valence-corrected chi connectivity index (χ3v) is 5.89. The molecule has 4 aromatic rings. The van der Waals surface area contributed by atoms with Crippen LogP contribution in [0.5, 0.6) is 11.6 Å². The van der Waals surface area contributed by atoms with Gasteiger partial charge in [0.2, 0.25) is 0 Å². The Balaban J connectivity index is 0.000000275. The van der Waals surface area contributed by atoms with E-state index in [0.29, 0.717) is 17.7 Å². The fourth-order valence-corrected chi connectivity index (χ4v) is 4.15. The molecule has 1 heterocycles. The van der Waals surface area contributed by atoms with Gasteiger partial charge in [0, 0.05) is 32.0 Å². The van der Waals surface area contributed by atoms with Gasteiger partial charge in [-0.15, -0.1) is 29.3 Å². The van der Waals surface area contributed by atoms with Gasteiger partial charge in [-0.05, 0) is 30.0 Å². The van der Waals surface area contributed by atoms with E-state index in [2.05, 4.69) is 66.3 Å². The average molecular weight is 630 g/mol. The Bertz CT molecular complexity index is 1340. The third-order valence-electron chi connectivity index (χ3n) is 5.89. The van der Waals surface area contributed by atoms with Gasteiger partial charge in [0.15, 0.2) is 12.2 Å². The number of aryl methyl sites for hydroxylation is 1. The molecule has 0 fully saturated rings. The summed E-state index contributed by atoms with van der Waals surface area (Å²) in [7, 11) is 1.63. The minimum absolute atomic E-state index is 0. The second kappa shape index (κ2) is 10.3. The molecule has 0 saturated carbocycles. The molecule has 6 heteroatoms. The van der Waals surface area contributed by atoms with Crippen LogP contribution in [-0.4, -0.2) is 28.5 Å². The van der Waals surface area contributed by atoms with Crippen molar-refractivity contribution in [3.63, 3.8) is 0 Å². The first-order valence-corrected chi connectivity index (χ1v) is 10.6. The Morgan fingerprint density at radius 1 is 1.03 bits per heavy atom. The molecule has 5 rings (SSSR count). The van der Waals surface area contributed by atoms with Gasteiger partial charge >= 0.3 is 0 Å². The summed E-state index contributed by atoms with van der Waals surface area (Å²) in [4.78, 5) is 19.0. The standard InChI is InChI=1S/C21H19N2O.C7H6O2.Ir/c1-13-12-22-19(20(23-13)24-4)14-9-10-16-15-7-5-6-8-17(15)21(2,3)18(16)11-14;8-5-6-3-1-2-4-7(6)9;/h5-8,10-12H,1-4H3;1-5,9H;/q-1;;. The summed E-state index contributed by atoms with van der Waals surface area (Å²) in [6, 6.07) is 22.6. The molecule has 1 aliphatic rings. The van der Waals surface area contributed by atoms with Crippen LogP contribution < -0.4 is 4.74 Å². The Morgan fingerprint density at radius 3 is 2.41 bits per heavy atom. The maximum absolute atomic E-state index is 10.1. The topological polar surface area (TPSA) is 72.3 Å². The number of fused-ring (bicyclic) bond motifs is 3. The van der Waals surface area contributed by atoms with Crippen molar-refractivity contribution < 1.29 is 34.7 Å². The van der Waals surface area contributed by atoms with Crippen molar-refractivity contribution in [3.05, 3.63) is 95.3 Å². The van der Waals surface area contributed by atoms with Crippen molar-refractivity contribution in [1.29, 1.82) is 0 Å². The maximum Gasteiger partial charge on any atom is 0.194 e. The summed E-state index contributed by atoms with van der Waals surface area (Å²) >= 11 is 0. The van der Waals surface area contributed by atoms with E-state index >= 15 is 0 Å². The first kappa shape index (κ1) is 25.3. The van der Waals surface area contributed by atoms with E-state index in [9.17, 15) is 4.79 Å². The summed E-state index contributed by atoms with van der Waals surface area (Å²) in [6.45, 7) is 6.43. The quantitative estimate of drug-likeness (QED) is 0.230. The Kier molecular flexibility index (Phi) is 7.65. The Hall–Kier alpha value is -3.34. The van der Waals surface area contributed by atoms with Crippen LogP contribution in [0.4, 0.5) is 0 Å². The van der Waals surface area contributed by atoms with Gasteiger partial charge in [-0.1, -0.05) is 61.4 Å². The molecule has 175 valence electrons. The monoisotopic (exact) mass is 630 g/mol. The predicted molar refractivity (Wildman–Crippen MR) is 129 cm³/mol. The number of carbonyl (C=O) groups is 1. The zero-order valence-corrected chi connectivity index (χ0v) is 21.8. The average Bonchev–Trinajstić information content (AvgIpc) is 3.06. The number of carbonyl (C=O) groups excluding carboxylic acids is 1. The number of hydrogen-bond donors (Lipinski definition) is 1. The van der Waals surface area contributed by atoms with Crippen molar-refractivity contribution in [2.24, 2.45) is 0 Å². The normalized spacial score (nSPS) is 12.4. The summed E-state index contributed by atoms with van der Waals surface area (Å²) < 4.78 is 5.42. The van der Waals surface area contributed by atoms with E-state index in [1.807, 2.05) is 6.92 Å². The zero-order chi connectivity index (χ0) is 23.6. The van der Waals surface area contributed by atoms with Crippen LogP contribution in [0.25, 0.3) is 22.4 Å². The van der Waals surface area contributed by atoms with Crippen LogP contribution in [0.15, 0.2) is 66.9 Å². The number of para-hydroxylation sites is 1. The molecular weight excluding hydrogens is 605 g/mol. The van der Waals surface area contributed by atoms with Gasteiger partial charge in [0.05, 0.1) is 18.4 Å². The van der Waals surface area contributed by atoms with Crippen molar-refractivity contribution in [2.45, 2.75) is 26.2 Å². The number of rotatable bonds is 3. The molecule has 0 saturated heterocycles. The van der Waals surface area contributed by atoms with Crippen LogP contribution >= 0.6 is 0 Å². The molecule has 0 bridgehead atoms. The predicted octanol–water partition coefficient (Wildman–Crippen LogP) is 5.77. The maximum atomic E-state index is 10.1. The number of aromatic nitrogens is 2. The molecule has 0 unspecified atom stereocenters. The number of ether oxygens (including phenoxy) is 1. The smallest absolute Gasteiger partial charge is 0.194 e. The third kappa shape index (κ3) is 4.65. The largest absolute Gasteiger partial charge is 0.507 e. The number of nitrogens with zero attached hydrogens (tertiary/aromatic N) is 2. The zero-order valence-electron chi connectivity index (χ0n) is 19.4. The first-order chi connectivity index (χ1) is 15.9. The molecular formula is C28H25IrN2O3-. The first-order valence-electron chi connectivity index (χ1n) is 10.6. The number of phenolic OH excluding ortho intramolecular Hbond substituents is 1. The van der Waals surface area contributed by atoms with Crippen LogP contribution in [0.1, 0.15) is 41.0 Å². The van der Waals surface area contributed by atoms with E-state index in [1.165, 1.54) is 28.3 Å². The van der Waals surface area contributed by atoms with E-state index in [4.69, 9.17) is 9.84 Å². The van der Waals surface area contributed by atoms with Crippen LogP contribution in [0.2, 0.25) is 0 Å². The van der Waals surface area contributed by atoms with Gasteiger partial charge in [0.25, 0.3) is 0 Å². The number of methoxy groups -OCH3 is 1. The van der Waals surface area contributed by atoms with E-state index in [0.717, 1.165) is 17.0 Å². The Morgan fingerprint density at radius 2 is 1.74 bits per heavy atom. The fraction of sp³-hybridized carbons (Fsp3) is 0.179. The molecule has 0 aliphatic heterocycles. The second-order valence-electron chi connectivity index (χ2n) is 8.39. The molecule has 1 aromatic heterocycles. The summed E-state index contributed by atoms with van der Waals surface area (Å²) in [5.41, 5.74) is 7.97. The van der Waals surface area contributed by atoms with Crippen LogP contribution in [-0.2, 0) is 25.5 Å². The number of aldehydes is 1. The van der Waals surface area contributed by atoms with Crippen molar-refractivity contribution in [2.75, 3.05) is 7.11 Å². The van der Waals surface area contributed by atoms with Gasteiger partial charge in [0.1, 0.15) is 5.75 Å². The van der Waals surface area contributed by atoms with Gasteiger partial charge < -0.3 is 9.84 Å². The van der Waals surface area contributed by atoms with Gasteiger partial charge in [-0.2, -0.15) is 0 Å². The van der Waals surface area contributed by atoms with Crippen molar-refractivity contribution in [1.82, 2.24) is 9.97 Å². The number of hydrogen-bond acceptors (Lipinski definition) is 5. The number of phenols is 1. The van der Waals surface area contributed by atoms with Gasteiger partial charge in [-0.25, -0.2) is 4.98 Å². The van der Waals surface area contributed by atoms with Gasteiger partial charge in [-0.3, -0.25) is 9.78 Å². The molecule has 0 amide bonds. The van der Waals surface area contributed by atoms with Crippen LogP contribution in [0.3, 0.4) is 0 Å². The minimum atomic E-state index is -0.0405. The summed E-state index contributed by atoms with van der Waals surface area (Å²) in [5, 5.41) is 8.88. The van der Waals surface area contributed by atoms with E-state index < -0.39 is 0 Å². The molecule has 0 spiro atoms. The summed E-state index contributed by atoms with van der Waals surface area (Å²) in [6.07, 6.45) is 2.38. The fourth-order valence-electron chi connectivity index (χ4n) is 4.15. The molecule has 34 heavy (non-hydrogen) atoms. The van der Waals surface area contributed by atoms with E-state index in [1.54, 1.807) is 31.5 Å². The van der Waals surface area contributed by atoms with Crippen LogP contribution in [0, 0.1) is 13.0 Å². The summed E-state index contributed by atoms with van der Waals surface area (Å²) in [5.74, 6) is 0.576. The minimum Gasteiger partial charge on any atom is -0.507 e. The molecule has 5 nitrogen and oxygen atoms in total. The molecule has 1 aliphatic carbocycles.